The highest BCUT2D eigenvalue weighted by atomic mass is 14.9. The van der Waals surface area contributed by atoms with E-state index in [1.807, 2.05) is 0 Å². The van der Waals surface area contributed by atoms with Crippen molar-refractivity contribution < 1.29 is 0 Å². The summed E-state index contributed by atoms with van der Waals surface area (Å²) in [5, 5.41) is 3.33. The van der Waals surface area contributed by atoms with Gasteiger partial charge in [-0.05, 0) is 31.8 Å². The molecule has 0 saturated carbocycles. The maximum absolute atomic E-state index is 5.84. The lowest BCUT2D eigenvalue weighted by molar-refractivity contribution is 0.444. The van der Waals surface area contributed by atoms with Gasteiger partial charge in [0.05, 0.1) is 0 Å². The van der Waals surface area contributed by atoms with E-state index in [9.17, 15) is 0 Å². The first-order valence-corrected chi connectivity index (χ1v) is 3.77. The zero-order valence-electron chi connectivity index (χ0n) is 6.06. The summed E-state index contributed by atoms with van der Waals surface area (Å²) < 4.78 is 0. The van der Waals surface area contributed by atoms with E-state index < -0.39 is 0 Å². The summed E-state index contributed by atoms with van der Waals surface area (Å²) in [6.07, 6.45) is 2.38. The minimum absolute atomic E-state index is 0.431. The average molecular weight is 128 g/mol. The highest BCUT2D eigenvalue weighted by Gasteiger charge is 2.14. The molecule has 0 spiro atoms. The molecular formula is C7H16N2. The largest absolute Gasteiger partial charge is 0.327 e. The Hall–Kier alpha value is -0.0800. The molecule has 1 rings (SSSR count). The molecule has 2 nitrogen and oxygen atoms in total. The summed E-state index contributed by atoms with van der Waals surface area (Å²) in [5.41, 5.74) is 5.84. The fourth-order valence-corrected chi connectivity index (χ4v) is 1.22. The number of hydrogen-bond donors (Lipinski definition) is 2. The summed E-state index contributed by atoms with van der Waals surface area (Å²) in [7, 11) is 0. The van der Waals surface area contributed by atoms with Crippen molar-refractivity contribution in [1.82, 2.24) is 5.32 Å². The molecule has 1 heterocycles. The first-order chi connectivity index (χ1) is 4.30. The Morgan fingerprint density at radius 1 is 1.33 bits per heavy atom. The lowest BCUT2D eigenvalue weighted by atomic mass is 9.98. The van der Waals surface area contributed by atoms with Crippen molar-refractivity contribution >= 4 is 0 Å². The third kappa shape index (κ3) is 1.95. The summed E-state index contributed by atoms with van der Waals surface area (Å²) in [6, 6.07) is 0.431. The van der Waals surface area contributed by atoms with E-state index in [0.717, 1.165) is 19.5 Å². The van der Waals surface area contributed by atoms with Crippen molar-refractivity contribution in [3.8, 4) is 0 Å². The number of nitrogens with two attached hydrogens (primary N) is 1. The van der Waals surface area contributed by atoms with Gasteiger partial charge in [-0.2, -0.15) is 0 Å². The molecular weight excluding hydrogens is 112 g/mol. The normalized spacial score (nSPS) is 38.0. The van der Waals surface area contributed by atoms with Crippen molar-refractivity contribution in [3.63, 3.8) is 0 Å². The van der Waals surface area contributed by atoms with Crippen molar-refractivity contribution in [2.24, 2.45) is 11.7 Å². The van der Waals surface area contributed by atoms with Gasteiger partial charge in [-0.15, -0.1) is 0 Å². The molecule has 0 amide bonds. The van der Waals surface area contributed by atoms with Gasteiger partial charge in [0.1, 0.15) is 0 Å². The van der Waals surface area contributed by atoms with Gasteiger partial charge in [-0.25, -0.2) is 0 Å². The van der Waals surface area contributed by atoms with Crippen LogP contribution in [0.5, 0.6) is 0 Å². The molecule has 2 unspecified atom stereocenters. The van der Waals surface area contributed by atoms with Crippen LogP contribution in [-0.4, -0.2) is 19.1 Å². The van der Waals surface area contributed by atoms with Crippen LogP contribution < -0.4 is 11.1 Å². The molecule has 1 aliphatic heterocycles. The van der Waals surface area contributed by atoms with Crippen molar-refractivity contribution in [3.05, 3.63) is 0 Å². The van der Waals surface area contributed by atoms with E-state index in [4.69, 9.17) is 5.73 Å². The van der Waals surface area contributed by atoms with Crippen LogP contribution in [0.25, 0.3) is 0 Å². The zero-order valence-corrected chi connectivity index (χ0v) is 6.06. The highest BCUT2D eigenvalue weighted by molar-refractivity contribution is 4.74. The van der Waals surface area contributed by atoms with Gasteiger partial charge < -0.3 is 11.1 Å². The molecule has 0 aromatic heterocycles. The fourth-order valence-electron chi connectivity index (χ4n) is 1.22. The van der Waals surface area contributed by atoms with Crippen LogP contribution in [0.15, 0.2) is 0 Å². The van der Waals surface area contributed by atoms with Gasteiger partial charge in [-0.3, -0.25) is 0 Å². The second kappa shape index (κ2) is 3.18. The topological polar surface area (TPSA) is 38.0 Å². The van der Waals surface area contributed by atoms with Crippen LogP contribution in [0.2, 0.25) is 0 Å². The van der Waals surface area contributed by atoms with Gasteiger partial charge in [0.25, 0.3) is 0 Å². The Kier molecular flexibility index (Phi) is 2.49. The zero-order chi connectivity index (χ0) is 6.69. The van der Waals surface area contributed by atoms with Crippen molar-refractivity contribution in [1.29, 1.82) is 0 Å². The van der Waals surface area contributed by atoms with E-state index >= 15 is 0 Å². The van der Waals surface area contributed by atoms with Gasteiger partial charge in [0, 0.05) is 6.04 Å². The van der Waals surface area contributed by atoms with Gasteiger partial charge in [-0.1, -0.05) is 6.92 Å². The molecule has 2 atom stereocenters. The Balaban J connectivity index is 2.32. The third-order valence-corrected chi connectivity index (χ3v) is 2.16. The lowest BCUT2D eigenvalue weighted by Crippen LogP contribution is -2.27. The molecule has 0 bridgehead atoms. The third-order valence-electron chi connectivity index (χ3n) is 2.16. The molecule has 1 aliphatic rings. The predicted octanol–water partition coefficient (Wildman–Crippen LogP) is 0.333. The van der Waals surface area contributed by atoms with Gasteiger partial charge >= 0.3 is 0 Å². The number of nitrogens with one attached hydrogen (secondary N) is 1. The van der Waals surface area contributed by atoms with Crippen LogP contribution in [0.1, 0.15) is 19.8 Å². The van der Waals surface area contributed by atoms with Crippen LogP contribution in [0, 0.1) is 5.92 Å². The molecule has 3 N–H and O–H groups in total. The lowest BCUT2D eigenvalue weighted by Gasteiger charge is -2.14. The van der Waals surface area contributed by atoms with E-state index in [1.165, 1.54) is 6.42 Å². The predicted molar refractivity (Wildman–Crippen MR) is 39.2 cm³/mol. The van der Waals surface area contributed by atoms with Gasteiger partial charge in [0.15, 0.2) is 0 Å². The molecule has 0 aliphatic carbocycles. The smallest absolute Gasteiger partial charge is 0.00770 e. The monoisotopic (exact) mass is 128 g/mol. The fraction of sp³-hybridized carbons (Fsp3) is 1.00. The Morgan fingerprint density at radius 3 is 2.78 bits per heavy atom. The molecule has 0 aromatic rings. The minimum atomic E-state index is 0.431. The van der Waals surface area contributed by atoms with Crippen LogP contribution in [0.4, 0.5) is 0 Å². The first kappa shape index (κ1) is 7.03. The molecule has 1 fully saturated rings. The standard InChI is InChI=1S/C7H16N2/c1-6-2-4-9-5-3-7(6)8/h6-7,9H,2-5,8H2,1H3. The molecule has 54 valence electrons. The molecule has 0 radical (unpaired) electrons. The quantitative estimate of drug-likeness (QED) is 0.493. The molecule has 0 aromatic carbocycles. The van der Waals surface area contributed by atoms with Crippen LogP contribution >= 0.6 is 0 Å². The highest BCUT2D eigenvalue weighted by Crippen LogP contribution is 2.10. The second-order valence-corrected chi connectivity index (χ2v) is 2.97. The number of rotatable bonds is 0. The maximum Gasteiger partial charge on any atom is 0.00770 e. The minimum Gasteiger partial charge on any atom is -0.327 e. The SMILES string of the molecule is CC1CCNCCC1N. The van der Waals surface area contributed by atoms with E-state index in [-0.39, 0.29) is 0 Å². The first-order valence-electron chi connectivity index (χ1n) is 3.77. The average Bonchev–Trinajstić information content (AvgIpc) is 1.99. The van der Waals surface area contributed by atoms with Crippen LogP contribution in [0.3, 0.4) is 0 Å². The van der Waals surface area contributed by atoms with E-state index in [1.54, 1.807) is 0 Å². The Bertz CT molecular complexity index is 73.0. The van der Waals surface area contributed by atoms with Crippen LogP contribution in [-0.2, 0) is 0 Å². The van der Waals surface area contributed by atoms with Crippen molar-refractivity contribution in [2.75, 3.05) is 13.1 Å². The summed E-state index contributed by atoms with van der Waals surface area (Å²) in [4.78, 5) is 0. The summed E-state index contributed by atoms with van der Waals surface area (Å²) in [6.45, 7) is 4.48. The molecule has 1 saturated heterocycles. The van der Waals surface area contributed by atoms with E-state index in [0.29, 0.717) is 12.0 Å². The summed E-state index contributed by atoms with van der Waals surface area (Å²) >= 11 is 0. The molecule has 9 heavy (non-hydrogen) atoms. The number of hydrogen-bond acceptors (Lipinski definition) is 2. The molecule has 2 heteroatoms. The summed E-state index contributed by atoms with van der Waals surface area (Å²) in [5.74, 6) is 0.708. The van der Waals surface area contributed by atoms with Crippen molar-refractivity contribution in [2.45, 2.75) is 25.8 Å². The van der Waals surface area contributed by atoms with E-state index in [2.05, 4.69) is 12.2 Å². The second-order valence-electron chi connectivity index (χ2n) is 2.97. The van der Waals surface area contributed by atoms with Gasteiger partial charge in [0.2, 0.25) is 0 Å². The Labute approximate surface area is 56.8 Å². The Morgan fingerprint density at radius 2 is 2.00 bits per heavy atom. The maximum atomic E-state index is 5.84.